The molecule has 0 saturated heterocycles. The smallest absolute Gasteiger partial charge is 0.173 e. The van der Waals surface area contributed by atoms with Crippen LogP contribution >= 0.6 is 11.6 Å². The highest BCUT2D eigenvalue weighted by Gasteiger charge is 2.18. The number of hydrogen-bond donors (Lipinski definition) is 0. The highest BCUT2D eigenvalue weighted by atomic mass is 35.5. The van der Waals surface area contributed by atoms with Gasteiger partial charge in [-0.3, -0.25) is 0 Å². The van der Waals surface area contributed by atoms with Gasteiger partial charge in [0.1, 0.15) is 5.75 Å². The van der Waals surface area contributed by atoms with Gasteiger partial charge >= 0.3 is 0 Å². The number of rotatable bonds is 3. The maximum absolute atomic E-state index is 13.7. The topological polar surface area (TPSA) is 42.2 Å². The van der Waals surface area contributed by atoms with Gasteiger partial charge in [-0.25, -0.2) is 4.39 Å². The molecule has 0 spiro atoms. The fraction of sp³-hybridized carbons (Fsp3) is 0.300. The van der Waals surface area contributed by atoms with Crippen LogP contribution in [-0.4, -0.2) is 14.2 Å². The Balaban J connectivity index is 3.42. The monoisotopic (exact) mass is 229 g/mol. The van der Waals surface area contributed by atoms with Crippen LogP contribution < -0.4 is 9.47 Å². The number of nitrogens with zero attached hydrogens (tertiary/aromatic N) is 1. The van der Waals surface area contributed by atoms with Crippen LogP contribution in [0.25, 0.3) is 0 Å². The molecule has 0 unspecified atom stereocenters. The SMILES string of the molecule is COc1cc(Cl)c(OC)c(CC#N)c1F. The van der Waals surface area contributed by atoms with Gasteiger partial charge < -0.3 is 9.47 Å². The molecule has 0 aliphatic rings. The van der Waals surface area contributed by atoms with Gasteiger partial charge in [0, 0.05) is 11.6 Å². The lowest BCUT2D eigenvalue weighted by molar-refractivity contribution is 0.373. The van der Waals surface area contributed by atoms with Crippen molar-refractivity contribution in [2.45, 2.75) is 6.42 Å². The molecule has 0 heterocycles. The van der Waals surface area contributed by atoms with Gasteiger partial charge in [-0.2, -0.15) is 5.26 Å². The number of hydrogen-bond acceptors (Lipinski definition) is 3. The molecule has 1 rings (SSSR count). The summed E-state index contributed by atoms with van der Waals surface area (Å²) in [6.45, 7) is 0. The lowest BCUT2D eigenvalue weighted by Gasteiger charge is -2.11. The van der Waals surface area contributed by atoms with Gasteiger partial charge in [0.2, 0.25) is 0 Å². The largest absolute Gasteiger partial charge is 0.495 e. The van der Waals surface area contributed by atoms with Crippen LogP contribution in [0.3, 0.4) is 0 Å². The first-order chi connectivity index (χ1) is 7.15. The van der Waals surface area contributed by atoms with E-state index in [1.54, 1.807) is 0 Å². The van der Waals surface area contributed by atoms with E-state index in [1.807, 2.05) is 6.07 Å². The fourth-order valence-electron chi connectivity index (χ4n) is 1.24. The summed E-state index contributed by atoms with van der Waals surface area (Å²) in [4.78, 5) is 0. The van der Waals surface area contributed by atoms with E-state index < -0.39 is 5.82 Å². The van der Waals surface area contributed by atoms with Crippen molar-refractivity contribution in [3.63, 3.8) is 0 Å². The summed E-state index contributed by atoms with van der Waals surface area (Å²) in [5.74, 6) is -0.428. The zero-order valence-corrected chi connectivity index (χ0v) is 9.06. The van der Waals surface area contributed by atoms with E-state index in [0.717, 1.165) is 0 Å². The fourth-order valence-corrected chi connectivity index (χ4v) is 1.53. The second-order valence-electron chi connectivity index (χ2n) is 2.72. The number of methoxy groups -OCH3 is 2. The first kappa shape index (κ1) is 11.6. The van der Waals surface area contributed by atoms with E-state index in [4.69, 9.17) is 26.3 Å². The molecule has 5 heteroatoms. The summed E-state index contributed by atoms with van der Waals surface area (Å²) >= 11 is 5.84. The average Bonchev–Trinajstić information content (AvgIpc) is 2.23. The second kappa shape index (κ2) is 4.85. The summed E-state index contributed by atoms with van der Waals surface area (Å²) < 4.78 is 23.4. The third kappa shape index (κ3) is 2.13. The van der Waals surface area contributed by atoms with E-state index >= 15 is 0 Å². The summed E-state index contributed by atoms with van der Waals surface area (Å²) in [7, 11) is 2.70. The van der Waals surface area contributed by atoms with Crippen molar-refractivity contribution in [1.82, 2.24) is 0 Å². The highest BCUT2D eigenvalue weighted by molar-refractivity contribution is 6.32. The Morgan fingerprint density at radius 3 is 2.60 bits per heavy atom. The minimum atomic E-state index is -0.611. The van der Waals surface area contributed by atoms with Gasteiger partial charge in [0.15, 0.2) is 11.6 Å². The second-order valence-corrected chi connectivity index (χ2v) is 3.13. The van der Waals surface area contributed by atoms with Crippen molar-refractivity contribution in [3.8, 4) is 17.6 Å². The third-order valence-corrected chi connectivity index (χ3v) is 2.19. The third-order valence-electron chi connectivity index (χ3n) is 1.91. The van der Waals surface area contributed by atoms with Gasteiger partial charge in [0.25, 0.3) is 0 Å². The summed E-state index contributed by atoms with van der Waals surface area (Å²) in [6.07, 6.45) is -0.119. The predicted molar refractivity (Wildman–Crippen MR) is 53.8 cm³/mol. The molecule has 0 fully saturated rings. The van der Waals surface area contributed by atoms with Gasteiger partial charge in [0.05, 0.1) is 31.7 Å². The molecular weight excluding hydrogens is 221 g/mol. The normalized spacial score (nSPS) is 9.53. The van der Waals surface area contributed by atoms with Crippen LogP contribution in [0.5, 0.6) is 11.5 Å². The number of halogens is 2. The van der Waals surface area contributed by atoms with Crippen molar-refractivity contribution in [3.05, 3.63) is 22.5 Å². The minimum absolute atomic E-state index is 0.00560. The maximum atomic E-state index is 13.7. The first-order valence-electron chi connectivity index (χ1n) is 4.11. The van der Waals surface area contributed by atoms with Gasteiger partial charge in [-0.15, -0.1) is 0 Å². The molecule has 0 aromatic heterocycles. The van der Waals surface area contributed by atoms with E-state index in [-0.39, 0.29) is 28.5 Å². The molecule has 0 saturated carbocycles. The van der Waals surface area contributed by atoms with Crippen LogP contribution in [0.1, 0.15) is 5.56 Å². The number of nitriles is 1. The molecule has 80 valence electrons. The van der Waals surface area contributed by atoms with Crippen molar-refractivity contribution in [2.24, 2.45) is 0 Å². The average molecular weight is 230 g/mol. The van der Waals surface area contributed by atoms with Crippen molar-refractivity contribution in [2.75, 3.05) is 14.2 Å². The zero-order chi connectivity index (χ0) is 11.4. The van der Waals surface area contributed by atoms with Gasteiger partial charge in [-0.1, -0.05) is 11.6 Å². The summed E-state index contributed by atoms with van der Waals surface area (Å²) in [5.41, 5.74) is 0.115. The van der Waals surface area contributed by atoms with E-state index in [1.165, 1.54) is 20.3 Å². The highest BCUT2D eigenvalue weighted by Crippen LogP contribution is 2.36. The standard InChI is InChI=1S/C10H9ClFNO2/c1-14-8-5-7(11)10(15-2)6(3-4-13)9(8)12/h5H,3H2,1-2H3. The number of ether oxygens (including phenoxy) is 2. The Labute approximate surface area is 92.0 Å². The molecular formula is C10H9ClFNO2. The van der Waals surface area contributed by atoms with Crippen molar-refractivity contribution in [1.29, 1.82) is 5.26 Å². The van der Waals surface area contributed by atoms with Gasteiger partial charge in [-0.05, 0) is 0 Å². The molecule has 1 aromatic rings. The first-order valence-corrected chi connectivity index (χ1v) is 4.49. The molecule has 0 radical (unpaired) electrons. The molecule has 3 nitrogen and oxygen atoms in total. The molecule has 0 aliphatic heterocycles. The van der Waals surface area contributed by atoms with Crippen LogP contribution in [0.2, 0.25) is 5.02 Å². The van der Waals surface area contributed by atoms with Crippen LogP contribution in [0.15, 0.2) is 6.07 Å². The van der Waals surface area contributed by atoms with E-state index in [0.29, 0.717) is 0 Å². The Morgan fingerprint density at radius 1 is 1.47 bits per heavy atom. The Morgan fingerprint density at radius 2 is 2.13 bits per heavy atom. The van der Waals surface area contributed by atoms with E-state index in [2.05, 4.69) is 0 Å². The summed E-state index contributed by atoms with van der Waals surface area (Å²) in [5, 5.41) is 8.79. The molecule has 0 amide bonds. The Kier molecular flexibility index (Phi) is 3.75. The Hall–Kier alpha value is -1.47. The predicted octanol–water partition coefficient (Wildman–Crippen LogP) is 2.56. The zero-order valence-electron chi connectivity index (χ0n) is 8.30. The maximum Gasteiger partial charge on any atom is 0.173 e. The lowest BCUT2D eigenvalue weighted by atomic mass is 10.1. The van der Waals surface area contributed by atoms with E-state index in [9.17, 15) is 4.39 Å². The molecule has 0 atom stereocenters. The molecule has 1 aromatic carbocycles. The molecule has 0 N–H and O–H groups in total. The summed E-state index contributed by atoms with van der Waals surface area (Å²) in [6, 6.07) is 3.16. The lowest BCUT2D eigenvalue weighted by Crippen LogP contribution is -1.99. The van der Waals surface area contributed by atoms with Crippen molar-refractivity contribution >= 4 is 11.6 Å². The molecule has 15 heavy (non-hydrogen) atoms. The Bertz CT molecular complexity index is 415. The number of benzene rings is 1. The van der Waals surface area contributed by atoms with Crippen LogP contribution in [0.4, 0.5) is 4.39 Å². The quantitative estimate of drug-likeness (QED) is 0.800. The van der Waals surface area contributed by atoms with Crippen LogP contribution in [-0.2, 0) is 6.42 Å². The minimum Gasteiger partial charge on any atom is -0.495 e. The molecule has 0 aliphatic carbocycles. The van der Waals surface area contributed by atoms with Crippen molar-refractivity contribution < 1.29 is 13.9 Å². The molecule has 0 bridgehead atoms. The van der Waals surface area contributed by atoms with Crippen LogP contribution in [0, 0.1) is 17.1 Å².